The van der Waals surface area contributed by atoms with Crippen LogP contribution in [0.4, 0.5) is 0 Å². The van der Waals surface area contributed by atoms with E-state index in [0.29, 0.717) is 19.6 Å². The van der Waals surface area contributed by atoms with Gasteiger partial charge in [-0.05, 0) is 0 Å². The zero-order valence-corrected chi connectivity index (χ0v) is 9.61. The maximum atomic E-state index is 11.8. The van der Waals surface area contributed by atoms with Crippen molar-refractivity contribution >= 4 is 5.78 Å². The van der Waals surface area contributed by atoms with Crippen LogP contribution in [0.15, 0.2) is 0 Å². The molecule has 5 heteroatoms. The summed E-state index contributed by atoms with van der Waals surface area (Å²) in [6, 6.07) is 0. The molecule has 2 aliphatic rings. The molecule has 0 aromatic rings. The Hall–Kier alpha value is -0.490. The summed E-state index contributed by atoms with van der Waals surface area (Å²) in [5, 5.41) is 3.17. The summed E-state index contributed by atoms with van der Waals surface area (Å²) in [6.45, 7) is 6.46. The minimum absolute atomic E-state index is 0.221. The number of ether oxygens (including phenoxy) is 2. The molecule has 0 radical (unpaired) electrons. The SMILES string of the molecule is O=C(CCN1CCOCC1)C1CNCCO1. The summed E-state index contributed by atoms with van der Waals surface area (Å²) in [4.78, 5) is 14.1. The van der Waals surface area contributed by atoms with E-state index in [0.717, 1.165) is 39.4 Å². The van der Waals surface area contributed by atoms with Crippen LogP contribution in [0, 0.1) is 0 Å². The molecule has 1 unspecified atom stereocenters. The monoisotopic (exact) mass is 228 g/mol. The first-order valence-corrected chi connectivity index (χ1v) is 6.01. The van der Waals surface area contributed by atoms with Crippen LogP contribution in [0.3, 0.4) is 0 Å². The lowest BCUT2D eigenvalue weighted by Gasteiger charge is -2.27. The highest BCUT2D eigenvalue weighted by Gasteiger charge is 2.22. The molecule has 1 N–H and O–H groups in total. The number of carbonyl (C=O) groups excluding carboxylic acids is 1. The molecule has 2 aliphatic heterocycles. The van der Waals surface area contributed by atoms with Gasteiger partial charge in [0.1, 0.15) is 6.10 Å². The number of ketones is 1. The molecule has 5 nitrogen and oxygen atoms in total. The molecule has 0 saturated carbocycles. The molecule has 16 heavy (non-hydrogen) atoms. The summed E-state index contributed by atoms with van der Waals surface area (Å²) in [7, 11) is 0. The van der Waals surface area contributed by atoms with Gasteiger partial charge in [0.25, 0.3) is 0 Å². The van der Waals surface area contributed by atoms with Crippen LogP contribution in [0.1, 0.15) is 6.42 Å². The molecule has 1 atom stereocenters. The molecule has 2 saturated heterocycles. The van der Waals surface area contributed by atoms with Gasteiger partial charge >= 0.3 is 0 Å². The molecule has 2 rings (SSSR count). The van der Waals surface area contributed by atoms with Crippen molar-refractivity contribution < 1.29 is 14.3 Å². The average Bonchev–Trinajstić information content (AvgIpc) is 2.38. The lowest BCUT2D eigenvalue weighted by molar-refractivity contribution is -0.132. The summed E-state index contributed by atoms with van der Waals surface area (Å²) in [6.07, 6.45) is 0.363. The minimum atomic E-state index is -0.227. The van der Waals surface area contributed by atoms with Crippen LogP contribution in [0.25, 0.3) is 0 Å². The van der Waals surface area contributed by atoms with Crippen LogP contribution in [-0.2, 0) is 14.3 Å². The predicted octanol–water partition coefficient (Wildman–Crippen LogP) is -0.734. The molecule has 0 aromatic heterocycles. The van der Waals surface area contributed by atoms with Crippen molar-refractivity contribution in [3.63, 3.8) is 0 Å². The van der Waals surface area contributed by atoms with Crippen LogP contribution >= 0.6 is 0 Å². The fourth-order valence-electron chi connectivity index (χ4n) is 2.03. The Morgan fingerprint density at radius 3 is 2.81 bits per heavy atom. The van der Waals surface area contributed by atoms with E-state index in [2.05, 4.69) is 10.2 Å². The normalized spacial score (nSPS) is 27.9. The van der Waals surface area contributed by atoms with Crippen molar-refractivity contribution in [2.75, 3.05) is 52.5 Å². The molecule has 0 aliphatic carbocycles. The molecule has 92 valence electrons. The maximum Gasteiger partial charge on any atom is 0.164 e. The Morgan fingerprint density at radius 1 is 1.31 bits per heavy atom. The molecule has 0 aromatic carbocycles. The number of nitrogens with one attached hydrogen (secondary N) is 1. The third-order valence-electron chi connectivity index (χ3n) is 3.06. The van der Waals surface area contributed by atoms with Crippen LogP contribution < -0.4 is 5.32 Å². The number of morpholine rings is 2. The van der Waals surface area contributed by atoms with E-state index in [1.54, 1.807) is 0 Å². The second-order valence-electron chi connectivity index (χ2n) is 4.23. The van der Waals surface area contributed by atoms with Gasteiger partial charge in [0.15, 0.2) is 5.78 Å². The Morgan fingerprint density at radius 2 is 2.12 bits per heavy atom. The molecule has 0 bridgehead atoms. The summed E-state index contributed by atoms with van der Waals surface area (Å²) in [5.41, 5.74) is 0. The Balaban J connectivity index is 1.65. The van der Waals surface area contributed by atoms with Gasteiger partial charge in [-0.15, -0.1) is 0 Å². The van der Waals surface area contributed by atoms with E-state index in [4.69, 9.17) is 9.47 Å². The topological polar surface area (TPSA) is 50.8 Å². The zero-order chi connectivity index (χ0) is 11.2. The van der Waals surface area contributed by atoms with Crippen molar-refractivity contribution in [1.82, 2.24) is 10.2 Å². The van der Waals surface area contributed by atoms with Crippen molar-refractivity contribution in [3.8, 4) is 0 Å². The first-order chi connectivity index (χ1) is 7.86. The van der Waals surface area contributed by atoms with Gasteiger partial charge in [0.05, 0.1) is 19.8 Å². The van der Waals surface area contributed by atoms with Gasteiger partial charge < -0.3 is 14.8 Å². The van der Waals surface area contributed by atoms with Gasteiger partial charge in [-0.2, -0.15) is 0 Å². The molecule has 2 heterocycles. The zero-order valence-electron chi connectivity index (χ0n) is 9.61. The van der Waals surface area contributed by atoms with Crippen molar-refractivity contribution in [2.24, 2.45) is 0 Å². The first-order valence-electron chi connectivity index (χ1n) is 6.01. The molecular formula is C11H20N2O3. The highest BCUT2D eigenvalue weighted by atomic mass is 16.5. The summed E-state index contributed by atoms with van der Waals surface area (Å²) in [5.74, 6) is 0.221. The van der Waals surface area contributed by atoms with Crippen LogP contribution in [0.5, 0.6) is 0 Å². The van der Waals surface area contributed by atoms with Gasteiger partial charge in [0, 0.05) is 39.1 Å². The first kappa shape index (κ1) is 12.0. The van der Waals surface area contributed by atoms with E-state index < -0.39 is 0 Å². The third-order valence-corrected chi connectivity index (χ3v) is 3.06. The second kappa shape index (κ2) is 6.30. The fraction of sp³-hybridized carbons (Fsp3) is 0.909. The lowest BCUT2D eigenvalue weighted by atomic mass is 10.1. The fourth-order valence-corrected chi connectivity index (χ4v) is 2.03. The average molecular weight is 228 g/mol. The number of hydrogen-bond donors (Lipinski definition) is 1. The minimum Gasteiger partial charge on any atom is -0.379 e. The number of Topliss-reactive ketones (excluding diaryl/α,β-unsaturated/α-hetero) is 1. The number of nitrogens with zero attached hydrogens (tertiary/aromatic N) is 1. The van der Waals surface area contributed by atoms with Crippen LogP contribution in [-0.4, -0.2) is 69.3 Å². The Labute approximate surface area is 96.1 Å². The van der Waals surface area contributed by atoms with E-state index in [-0.39, 0.29) is 11.9 Å². The second-order valence-corrected chi connectivity index (χ2v) is 4.23. The van der Waals surface area contributed by atoms with E-state index in [1.165, 1.54) is 0 Å². The van der Waals surface area contributed by atoms with Crippen LogP contribution in [0.2, 0.25) is 0 Å². The van der Waals surface area contributed by atoms with Gasteiger partial charge in [-0.25, -0.2) is 0 Å². The number of rotatable bonds is 4. The summed E-state index contributed by atoms with van der Waals surface area (Å²) < 4.78 is 10.7. The van der Waals surface area contributed by atoms with Gasteiger partial charge in [-0.1, -0.05) is 0 Å². The smallest absolute Gasteiger partial charge is 0.164 e. The van der Waals surface area contributed by atoms with E-state index in [1.807, 2.05) is 0 Å². The molecule has 0 spiro atoms. The van der Waals surface area contributed by atoms with E-state index >= 15 is 0 Å². The van der Waals surface area contributed by atoms with Gasteiger partial charge in [0.2, 0.25) is 0 Å². The molecule has 0 amide bonds. The van der Waals surface area contributed by atoms with Gasteiger partial charge in [-0.3, -0.25) is 9.69 Å². The lowest BCUT2D eigenvalue weighted by Crippen LogP contribution is -2.44. The number of hydrogen-bond acceptors (Lipinski definition) is 5. The quantitative estimate of drug-likeness (QED) is 0.687. The summed E-state index contributed by atoms with van der Waals surface area (Å²) >= 11 is 0. The van der Waals surface area contributed by atoms with E-state index in [9.17, 15) is 4.79 Å². The van der Waals surface area contributed by atoms with Crippen molar-refractivity contribution in [1.29, 1.82) is 0 Å². The highest BCUT2D eigenvalue weighted by molar-refractivity contribution is 5.83. The van der Waals surface area contributed by atoms with Crippen molar-refractivity contribution in [3.05, 3.63) is 0 Å². The molecular weight excluding hydrogens is 208 g/mol. The molecule has 2 fully saturated rings. The number of carbonyl (C=O) groups is 1. The standard InChI is InChI=1S/C11H20N2O3/c14-10(11-9-12-2-6-16-11)1-3-13-4-7-15-8-5-13/h11-12H,1-9H2. The largest absolute Gasteiger partial charge is 0.379 e. The predicted molar refractivity (Wildman–Crippen MR) is 59.5 cm³/mol. The Bertz CT molecular complexity index is 223. The van der Waals surface area contributed by atoms with Crippen molar-refractivity contribution in [2.45, 2.75) is 12.5 Å². The maximum absolute atomic E-state index is 11.8. The highest BCUT2D eigenvalue weighted by Crippen LogP contribution is 2.04. The Kier molecular flexibility index (Phi) is 4.71. The third kappa shape index (κ3) is 3.52.